The highest BCUT2D eigenvalue weighted by atomic mass is 16.6. The number of allylic oxidation sites excluding steroid dienone is 14. The third kappa shape index (κ3) is 63.4. The van der Waals surface area contributed by atoms with Gasteiger partial charge in [0, 0.05) is 19.3 Å². The molecule has 0 aromatic carbocycles. The Bertz CT molecular complexity index is 1480. The number of ether oxygens (including phenoxy) is 3. The van der Waals surface area contributed by atoms with Crippen LogP contribution in [0.1, 0.15) is 335 Å². The van der Waals surface area contributed by atoms with Crippen molar-refractivity contribution in [2.45, 2.75) is 341 Å². The number of esters is 3. The van der Waals surface area contributed by atoms with Crippen LogP contribution in [0.15, 0.2) is 85.1 Å². The standard InChI is InChI=1S/C72H126O6/c1-4-7-10-13-16-19-22-25-28-30-31-32-33-34-35-36-37-38-39-40-41-43-44-47-50-53-56-59-62-65-71(74)77-68-69(67-76-70(73)64-61-58-55-52-49-46-27-24-21-18-15-12-9-6-3)78-72(75)66-63-60-57-54-51-48-45-42-29-26-23-20-17-14-11-8-5-2/h7,10,16,19,25,28,31-32,34-35,37-38,40-41,69H,4-6,8-9,11-15,17-18,20-24,26-27,29-30,33,36,39,42-68H2,1-3H3/b10-7-,19-16-,28-25-,32-31-,35-34-,38-37-,41-40-. The lowest BCUT2D eigenvalue weighted by Crippen LogP contribution is -2.30. The number of carbonyl (C=O) groups is 3. The minimum absolute atomic E-state index is 0.0746. The summed E-state index contributed by atoms with van der Waals surface area (Å²) in [5, 5.41) is 0. The van der Waals surface area contributed by atoms with Gasteiger partial charge in [-0.3, -0.25) is 14.4 Å². The maximum Gasteiger partial charge on any atom is 0.306 e. The molecule has 0 rings (SSSR count). The molecular formula is C72H126O6. The zero-order chi connectivity index (χ0) is 56.4. The molecule has 0 heterocycles. The van der Waals surface area contributed by atoms with Gasteiger partial charge >= 0.3 is 17.9 Å². The fraction of sp³-hybridized carbons (Fsp3) is 0.764. The van der Waals surface area contributed by atoms with Crippen molar-refractivity contribution in [2.75, 3.05) is 13.2 Å². The van der Waals surface area contributed by atoms with Gasteiger partial charge in [-0.2, -0.15) is 0 Å². The van der Waals surface area contributed by atoms with Crippen LogP contribution in [0.25, 0.3) is 0 Å². The van der Waals surface area contributed by atoms with Crippen LogP contribution >= 0.6 is 0 Å². The molecule has 0 bridgehead atoms. The van der Waals surface area contributed by atoms with E-state index < -0.39 is 6.10 Å². The zero-order valence-corrected chi connectivity index (χ0v) is 51.7. The molecule has 0 N–H and O–H groups in total. The van der Waals surface area contributed by atoms with Gasteiger partial charge in [0.15, 0.2) is 6.10 Å². The Kier molecular flexibility index (Phi) is 63.2. The summed E-state index contributed by atoms with van der Waals surface area (Å²) in [5.74, 6) is -0.867. The summed E-state index contributed by atoms with van der Waals surface area (Å²) in [6.07, 6.45) is 87.3. The minimum atomic E-state index is -0.779. The molecule has 0 aliphatic rings. The van der Waals surface area contributed by atoms with Gasteiger partial charge in [0.2, 0.25) is 0 Å². The van der Waals surface area contributed by atoms with E-state index in [0.29, 0.717) is 19.3 Å². The highest BCUT2D eigenvalue weighted by Crippen LogP contribution is 2.17. The van der Waals surface area contributed by atoms with E-state index in [1.165, 1.54) is 186 Å². The first-order valence-electron chi connectivity index (χ1n) is 33.6. The first kappa shape index (κ1) is 74.6. The van der Waals surface area contributed by atoms with Gasteiger partial charge in [-0.15, -0.1) is 0 Å². The first-order valence-corrected chi connectivity index (χ1v) is 33.6. The molecule has 0 aromatic heterocycles. The van der Waals surface area contributed by atoms with Crippen LogP contribution in [0, 0.1) is 0 Å². The van der Waals surface area contributed by atoms with Gasteiger partial charge in [-0.1, -0.05) is 324 Å². The van der Waals surface area contributed by atoms with Crippen molar-refractivity contribution in [3.63, 3.8) is 0 Å². The van der Waals surface area contributed by atoms with Crippen LogP contribution in [0.4, 0.5) is 0 Å². The van der Waals surface area contributed by atoms with E-state index >= 15 is 0 Å². The van der Waals surface area contributed by atoms with E-state index in [1.807, 2.05) is 0 Å². The fourth-order valence-electron chi connectivity index (χ4n) is 9.66. The van der Waals surface area contributed by atoms with Crippen molar-refractivity contribution in [3.05, 3.63) is 85.1 Å². The van der Waals surface area contributed by atoms with E-state index in [2.05, 4.69) is 106 Å². The van der Waals surface area contributed by atoms with Crippen molar-refractivity contribution >= 4 is 17.9 Å². The Hall–Kier alpha value is -3.41. The van der Waals surface area contributed by atoms with Crippen LogP contribution < -0.4 is 0 Å². The molecule has 450 valence electrons. The predicted molar refractivity (Wildman–Crippen MR) is 339 cm³/mol. The summed E-state index contributed by atoms with van der Waals surface area (Å²) in [6.45, 7) is 6.56. The third-order valence-electron chi connectivity index (χ3n) is 14.7. The highest BCUT2D eigenvalue weighted by Gasteiger charge is 2.19. The Balaban J connectivity index is 4.31. The van der Waals surface area contributed by atoms with Crippen molar-refractivity contribution in [1.82, 2.24) is 0 Å². The molecule has 0 radical (unpaired) electrons. The van der Waals surface area contributed by atoms with Gasteiger partial charge in [0.25, 0.3) is 0 Å². The summed E-state index contributed by atoms with van der Waals surface area (Å²) < 4.78 is 17.0. The Morgan fingerprint density at radius 1 is 0.269 bits per heavy atom. The van der Waals surface area contributed by atoms with E-state index in [1.54, 1.807) is 0 Å². The Morgan fingerprint density at radius 2 is 0.500 bits per heavy atom. The van der Waals surface area contributed by atoms with Crippen molar-refractivity contribution < 1.29 is 28.6 Å². The second kappa shape index (κ2) is 66.1. The van der Waals surface area contributed by atoms with Gasteiger partial charge < -0.3 is 14.2 Å². The zero-order valence-electron chi connectivity index (χ0n) is 51.7. The second-order valence-electron chi connectivity index (χ2n) is 22.4. The van der Waals surface area contributed by atoms with Crippen molar-refractivity contribution in [1.29, 1.82) is 0 Å². The van der Waals surface area contributed by atoms with Crippen LogP contribution in [-0.2, 0) is 28.6 Å². The molecule has 78 heavy (non-hydrogen) atoms. The number of hydrogen-bond donors (Lipinski definition) is 0. The van der Waals surface area contributed by atoms with Gasteiger partial charge in [0.05, 0.1) is 0 Å². The van der Waals surface area contributed by atoms with Crippen LogP contribution in [-0.4, -0.2) is 37.2 Å². The average Bonchev–Trinajstić information content (AvgIpc) is 3.44. The quantitative estimate of drug-likeness (QED) is 0.0261. The first-order chi connectivity index (χ1) is 38.5. The van der Waals surface area contributed by atoms with Gasteiger partial charge in [-0.25, -0.2) is 0 Å². The molecule has 0 fully saturated rings. The molecule has 1 atom stereocenters. The smallest absolute Gasteiger partial charge is 0.306 e. The van der Waals surface area contributed by atoms with Crippen LogP contribution in [0.3, 0.4) is 0 Å². The Labute approximate surface area is 484 Å². The largest absolute Gasteiger partial charge is 0.462 e. The molecular weight excluding hydrogens is 961 g/mol. The lowest BCUT2D eigenvalue weighted by atomic mass is 10.0. The second-order valence-corrected chi connectivity index (χ2v) is 22.4. The number of rotatable bonds is 61. The molecule has 0 spiro atoms. The van der Waals surface area contributed by atoms with Crippen molar-refractivity contribution in [2.24, 2.45) is 0 Å². The lowest BCUT2D eigenvalue weighted by molar-refractivity contribution is -0.167. The molecule has 6 nitrogen and oxygen atoms in total. The molecule has 0 aliphatic carbocycles. The SMILES string of the molecule is CC/C=C\C/C=C\C/C=C\C/C=C\C/C=C\C/C=C\C/C=C\CCCCCCCCCC(=O)OCC(COC(=O)CCCCCCCCCCCCCCCC)OC(=O)CCCCCCCCCCCCCCCCCCC. The topological polar surface area (TPSA) is 78.9 Å². The Morgan fingerprint density at radius 3 is 0.782 bits per heavy atom. The predicted octanol–water partition coefficient (Wildman–Crippen LogP) is 23.1. The molecule has 0 aromatic rings. The van der Waals surface area contributed by atoms with Crippen molar-refractivity contribution in [3.8, 4) is 0 Å². The van der Waals surface area contributed by atoms with E-state index in [9.17, 15) is 14.4 Å². The number of hydrogen-bond acceptors (Lipinski definition) is 6. The minimum Gasteiger partial charge on any atom is -0.462 e. The van der Waals surface area contributed by atoms with Gasteiger partial charge in [0.1, 0.15) is 13.2 Å². The summed E-state index contributed by atoms with van der Waals surface area (Å²) >= 11 is 0. The molecule has 0 saturated heterocycles. The van der Waals surface area contributed by atoms with E-state index in [-0.39, 0.29) is 31.1 Å². The number of unbranched alkanes of at least 4 members (excludes halogenated alkanes) is 36. The van der Waals surface area contributed by atoms with Gasteiger partial charge in [-0.05, 0) is 77.0 Å². The molecule has 0 amide bonds. The van der Waals surface area contributed by atoms with E-state index in [4.69, 9.17) is 14.2 Å². The highest BCUT2D eigenvalue weighted by molar-refractivity contribution is 5.71. The molecule has 0 saturated carbocycles. The molecule has 6 heteroatoms. The van der Waals surface area contributed by atoms with E-state index in [0.717, 1.165) is 109 Å². The summed E-state index contributed by atoms with van der Waals surface area (Å²) in [7, 11) is 0. The van der Waals surface area contributed by atoms with Crippen LogP contribution in [0.2, 0.25) is 0 Å². The maximum atomic E-state index is 12.9. The van der Waals surface area contributed by atoms with Crippen LogP contribution in [0.5, 0.6) is 0 Å². The fourth-order valence-corrected chi connectivity index (χ4v) is 9.66. The summed E-state index contributed by atoms with van der Waals surface area (Å²) in [4.78, 5) is 38.4. The lowest BCUT2D eigenvalue weighted by Gasteiger charge is -2.18. The average molecular weight is 1090 g/mol. The normalized spacial score (nSPS) is 12.6. The molecule has 0 aliphatic heterocycles. The maximum absolute atomic E-state index is 12.9. The summed E-state index contributed by atoms with van der Waals surface area (Å²) in [6, 6.07) is 0. The monoisotopic (exact) mass is 1090 g/mol. The summed E-state index contributed by atoms with van der Waals surface area (Å²) in [5.41, 5.74) is 0. The third-order valence-corrected chi connectivity index (χ3v) is 14.7. The molecule has 1 unspecified atom stereocenters. The number of carbonyl (C=O) groups excluding carboxylic acids is 3.